The van der Waals surface area contributed by atoms with Crippen molar-refractivity contribution >= 4 is 22.4 Å². The van der Waals surface area contributed by atoms with Crippen molar-refractivity contribution in [2.75, 3.05) is 38.2 Å². The fourth-order valence-corrected chi connectivity index (χ4v) is 3.44. The van der Waals surface area contributed by atoms with Crippen LogP contribution in [0, 0.1) is 6.92 Å². The lowest BCUT2D eigenvalue weighted by molar-refractivity contribution is 0.0743. The van der Waals surface area contributed by atoms with Crippen LogP contribution in [0.2, 0.25) is 0 Å². The highest BCUT2D eigenvalue weighted by Gasteiger charge is 2.25. The molecule has 0 atom stereocenters. The Bertz CT molecular complexity index is 663. The van der Waals surface area contributed by atoms with E-state index in [9.17, 15) is 4.79 Å². The third-order valence-electron chi connectivity index (χ3n) is 3.78. The molecular formula is C16H19N3O2S. The SMILES string of the molecule is COc1ccccc1C(=O)N1CCN(c2nc(C)cs2)CC1. The molecule has 22 heavy (non-hydrogen) atoms. The number of rotatable bonds is 3. The van der Waals surface area contributed by atoms with E-state index in [0.29, 0.717) is 24.4 Å². The number of carbonyl (C=O) groups excluding carboxylic acids is 1. The Morgan fingerprint density at radius 1 is 1.23 bits per heavy atom. The highest BCUT2D eigenvalue weighted by atomic mass is 32.1. The summed E-state index contributed by atoms with van der Waals surface area (Å²) >= 11 is 1.66. The van der Waals surface area contributed by atoms with Gasteiger partial charge < -0.3 is 14.5 Å². The molecule has 1 aromatic carbocycles. The maximum absolute atomic E-state index is 12.6. The van der Waals surface area contributed by atoms with Gasteiger partial charge in [-0.05, 0) is 19.1 Å². The smallest absolute Gasteiger partial charge is 0.257 e. The van der Waals surface area contributed by atoms with Crippen LogP contribution in [-0.4, -0.2) is 49.1 Å². The van der Waals surface area contributed by atoms with Gasteiger partial charge in [0, 0.05) is 31.6 Å². The van der Waals surface area contributed by atoms with E-state index in [0.717, 1.165) is 23.9 Å². The summed E-state index contributed by atoms with van der Waals surface area (Å²) in [6.45, 7) is 5.04. The molecular weight excluding hydrogens is 298 g/mol. The zero-order valence-electron chi connectivity index (χ0n) is 12.8. The Hall–Kier alpha value is -2.08. The summed E-state index contributed by atoms with van der Waals surface area (Å²) in [6.07, 6.45) is 0. The maximum atomic E-state index is 12.6. The summed E-state index contributed by atoms with van der Waals surface area (Å²) in [6, 6.07) is 7.38. The van der Waals surface area contributed by atoms with E-state index in [1.54, 1.807) is 18.4 Å². The minimum absolute atomic E-state index is 0.0346. The summed E-state index contributed by atoms with van der Waals surface area (Å²) in [4.78, 5) is 21.3. The third kappa shape index (κ3) is 2.92. The number of nitrogens with zero attached hydrogens (tertiary/aromatic N) is 3. The second-order valence-corrected chi connectivity index (χ2v) is 6.09. The van der Waals surface area contributed by atoms with Crippen LogP contribution in [0.15, 0.2) is 29.6 Å². The van der Waals surface area contributed by atoms with E-state index in [1.807, 2.05) is 36.1 Å². The Balaban J connectivity index is 1.67. The second-order valence-electron chi connectivity index (χ2n) is 5.25. The first kappa shape index (κ1) is 14.8. The number of piperazine rings is 1. The van der Waals surface area contributed by atoms with Crippen molar-refractivity contribution < 1.29 is 9.53 Å². The van der Waals surface area contributed by atoms with Crippen molar-refractivity contribution in [1.82, 2.24) is 9.88 Å². The number of carbonyl (C=O) groups is 1. The lowest BCUT2D eigenvalue weighted by atomic mass is 10.1. The molecule has 2 aromatic rings. The van der Waals surface area contributed by atoms with Crippen molar-refractivity contribution in [2.24, 2.45) is 0 Å². The average Bonchev–Trinajstić information content (AvgIpc) is 3.01. The number of para-hydroxylation sites is 1. The minimum atomic E-state index is 0.0346. The molecule has 0 spiro atoms. The van der Waals surface area contributed by atoms with E-state index in [1.165, 1.54) is 0 Å². The van der Waals surface area contributed by atoms with Crippen LogP contribution in [0.25, 0.3) is 0 Å². The number of amides is 1. The van der Waals surface area contributed by atoms with Crippen LogP contribution in [0.4, 0.5) is 5.13 Å². The fraction of sp³-hybridized carbons (Fsp3) is 0.375. The number of anilines is 1. The Morgan fingerprint density at radius 3 is 2.59 bits per heavy atom. The Labute approximate surface area is 134 Å². The summed E-state index contributed by atoms with van der Waals surface area (Å²) < 4.78 is 5.28. The molecule has 1 saturated heterocycles. The van der Waals surface area contributed by atoms with Crippen molar-refractivity contribution in [3.8, 4) is 5.75 Å². The normalized spacial score (nSPS) is 15.0. The molecule has 0 N–H and O–H groups in total. The van der Waals surface area contributed by atoms with Crippen LogP contribution >= 0.6 is 11.3 Å². The van der Waals surface area contributed by atoms with Gasteiger partial charge >= 0.3 is 0 Å². The van der Waals surface area contributed by atoms with Gasteiger partial charge in [-0.3, -0.25) is 4.79 Å². The first-order chi connectivity index (χ1) is 10.7. The molecule has 3 rings (SSSR count). The van der Waals surface area contributed by atoms with Gasteiger partial charge in [-0.15, -0.1) is 11.3 Å². The number of aromatic nitrogens is 1. The first-order valence-corrected chi connectivity index (χ1v) is 8.16. The van der Waals surface area contributed by atoms with Crippen LogP contribution in [-0.2, 0) is 0 Å². The minimum Gasteiger partial charge on any atom is -0.496 e. The molecule has 1 aliphatic heterocycles. The van der Waals surface area contributed by atoms with Crippen LogP contribution in [0.3, 0.4) is 0 Å². The van der Waals surface area contributed by atoms with Crippen LogP contribution in [0.1, 0.15) is 16.1 Å². The van der Waals surface area contributed by atoms with Gasteiger partial charge in [0.15, 0.2) is 5.13 Å². The topological polar surface area (TPSA) is 45.7 Å². The van der Waals surface area contributed by atoms with E-state index in [2.05, 4.69) is 15.3 Å². The third-order valence-corrected chi connectivity index (χ3v) is 4.80. The molecule has 5 nitrogen and oxygen atoms in total. The van der Waals surface area contributed by atoms with Gasteiger partial charge in [-0.2, -0.15) is 0 Å². The molecule has 0 unspecified atom stereocenters. The van der Waals surface area contributed by atoms with Gasteiger partial charge in [0.2, 0.25) is 0 Å². The number of hydrogen-bond donors (Lipinski definition) is 0. The molecule has 1 fully saturated rings. The maximum Gasteiger partial charge on any atom is 0.257 e. The standard InChI is InChI=1S/C16H19N3O2S/c1-12-11-22-16(17-12)19-9-7-18(8-10-19)15(20)13-5-3-4-6-14(13)21-2/h3-6,11H,7-10H2,1-2H3. The monoisotopic (exact) mass is 317 g/mol. The molecule has 2 heterocycles. The van der Waals surface area contributed by atoms with E-state index in [4.69, 9.17) is 4.74 Å². The highest BCUT2D eigenvalue weighted by Crippen LogP contribution is 2.23. The summed E-state index contributed by atoms with van der Waals surface area (Å²) in [5.41, 5.74) is 1.68. The summed E-state index contributed by atoms with van der Waals surface area (Å²) in [5.74, 6) is 0.665. The Morgan fingerprint density at radius 2 is 1.95 bits per heavy atom. The summed E-state index contributed by atoms with van der Waals surface area (Å²) in [7, 11) is 1.59. The van der Waals surface area contributed by atoms with Crippen molar-refractivity contribution in [2.45, 2.75) is 6.92 Å². The second kappa shape index (κ2) is 6.36. The lowest BCUT2D eigenvalue weighted by Gasteiger charge is -2.34. The zero-order valence-corrected chi connectivity index (χ0v) is 13.6. The Kier molecular flexibility index (Phi) is 4.29. The van der Waals surface area contributed by atoms with E-state index < -0.39 is 0 Å². The number of aryl methyl sites for hydroxylation is 1. The quantitative estimate of drug-likeness (QED) is 0.872. The van der Waals surface area contributed by atoms with Crippen LogP contribution < -0.4 is 9.64 Å². The van der Waals surface area contributed by atoms with Gasteiger partial charge in [-0.1, -0.05) is 12.1 Å². The van der Waals surface area contributed by atoms with E-state index >= 15 is 0 Å². The van der Waals surface area contributed by atoms with Gasteiger partial charge in [0.05, 0.1) is 18.4 Å². The number of hydrogen-bond acceptors (Lipinski definition) is 5. The predicted molar refractivity (Wildman–Crippen MR) is 88.0 cm³/mol. The van der Waals surface area contributed by atoms with Gasteiger partial charge in [0.25, 0.3) is 5.91 Å². The van der Waals surface area contributed by atoms with Crippen molar-refractivity contribution in [3.05, 3.63) is 40.9 Å². The molecule has 1 amide bonds. The number of thiazole rings is 1. The molecule has 0 radical (unpaired) electrons. The fourth-order valence-electron chi connectivity index (χ4n) is 2.58. The van der Waals surface area contributed by atoms with Crippen molar-refractivity contribution in [1.29, 1.82) is 0 Å². The first-order valence-electron chi connectivity index (χ1n) is 7.28. The molecule has 1 aliphatic rings. The molecule has 116 valence electrons. The van der Waals surface area contributed by atoms with E-state index in [-0.39, 0.29) is 5.91 Å². The lowest BCUT2D eigenvalue weighted by Crippen LogP contribution is -2.48. The predicted octanol–water partition coefficient (Wildman–Crippen LogP) is 2.42. The van der Waals surface area contributed by atoms with Gasteiger partial charge in [0.1, 0.15) is 5.75 Å². The van der Waals surface area contributed by atoms with Gasteiger partial charge in [-0.25, -0.2) is 4.98 Å². The molecule has 1 aromatic heterocycles. The zero-order chi connectivity index (χ0) is 15.5. The summed E-state index contributed by atoms with van der Waals surface area (Å²) in [5, 5.41) is 3.10. The number of methoxy groups -OCH3 is 1. The van der Waals surface area contributed by atoms with Crippen LogP contribution in [0.5, 0.6) is 5.75 Å². The number of ether oxygens (including phenoxy) is 1. The molecule has 0 aliphatic carbocycles. The molecule has 6 heteroatoms. The highest BCUT2D eigenvalue weighted by molar-refractivity contribution is 7.13. The largest absolute Gasteiger partial charge is 0.496 e. The van der Waals surface area contributed by atoms with Crippen molar-refractivity contribution in [3.63, 3.8) is 0 Å². The number of benzene rings is 1. The molecule has 0 saturated carbocycles. The average molecular weight is 317 g/mol. The molecule has 0 bridgehead atoms.